The van der Waals surface area contributed by atoms with Crippen LogP contribution in [-0.4, -0.2) is 110 Å². The number of rotatable bonds is 48. The van der Waals surface area contributed by atoms with Crippen LogP contribution in [0.3, 0.4) is 0 Å². The molecule has 1 heterocycles. The van der Waals surface area contributed by atoms with E-state index in [1.54, 1.807) is 0 Å². The molecule has 1 rings (SSSR count). The standard InChI is InChI=1S/C56H107NO10/c1-3-5-7-9-11-13-15-17-19-21-23-25-27-29-31-33-35-37-39-41-43-48(59)51(61)47(46-66-56-54(64)53(63)52(62)50(45-58)67-56)57-55(65)49(60)44-42-40-38-36-34-32-30-28-26-24-22-20-18-16-14-12-10-8-6-4-2/h26,28,35,37,47-54,56,58-64H,3-25,27,29-34,36,38-46H2,1-2H3,(H,57,65)/b28-26-,37-35+. The van der Waals surface area contributed by atoms with Crippen LogP contribution < -0.4 is 5.32 Å². The Morgan fingerprint density at radius 3 is 1.28 bits per heavy atom. The lowest BCUT2D eigenvalue weighted by Gasteiger charge is -2.40. The summed E-state index contributed by atoms with van der Waals surface area (Å²) >= 11 is 0. The maximum Gasteiger partial charge on any atom is 0.249 e. The second kappa shape index (κ2) is 45.7. The number of carbonyl (C=O) groups excluding carboxylic acids is 1. The highest BCUT2D eigenvalue weighted by Crippen LogP contribution is 2.23. The van der Waals surface area contributed by atoms with Gasteiger partial charge in [-0.15, -0.1) is 0 Å². The molecule has 0 bridgehead atoms. The largest absolute Gasteiger partial charge is 0.394 e. The molecule has 11 nitrogen and oxygen atoms in total. The minimum absolute atomic E-state index is 0.248. The van der Waals surface area contributed by atoms with Gasteiger partial charge in [0.15, 0.2) is 6.29 Å². The Morgan fingerprint density at radius 1 is 0.507 bits per heavy atom. The minimum Gasteiger partial charge on any atom is -0.394 e. The third-order valence-corrected chi connectivity index (χ3v) is 13.7. The van der Waals surface area contributed by atoms with Gasteiger partial charge in [0, 0.05) is 0 Å². The number of aliphatic hydroxyl groups is 7. The molecule has 0 aromatic heterocycles. The molecule has 1 aliphatic rings. The number of hydrogen-bond acceptors (Lipinski definition) is 10. The Bertz CT molecular complexity index is 1140. The summed E-state index contributed by atoms with van der Waals surface area (Å²) < 4.78 is 11.1. The van der Waals surface area contributed by atoms with Gasteiger partial charge >= 0.3 is 0 Å². The summed E-state index contributed by atoms with van der Waals surface area (Å²) in [4.78, 5) is 13.2. The highest BCUT2D eigenvalue weighted by molar-refractivity contribution is 5.80. The lowest BCUT2D eigenvalue weighted by atomic mass is 9.98. The van der Waals surface area contributed by atoms with E-state index in [0.29, 0.717) is 12.8 Å². The summed E-state index contributed by atoms with van der Waals surface area (Å²) in [5.41, 5.74) is 0. The molecule has 1 aliphatic heterocycles. The van der Waals surface area contributed by atoms with Crippen molar-refractivity contribution in [2.24, 2.45) is 0 Å². The van der Waals surface area contributed by atoms with Crippen LogP contribution >= 0.6 is 0 Å². The first-order valence-corrected chi connectivity index (χ1v) is 28.2. The Morgan fingerprint density at radius 2 is 0.881 bits per heavy atom. The van der Waals surface area contributed by atoms with Crippen LogP contribution in [0, 0.1) is 0 Å². The highest BCUT2D eigenvalue weighted by Gasteiger charge is 2.44. The smallest absolute Gasteiger partial charge is 0.249 e. The second-order valence-electron chi connectivity index (χ2n) is 20.0. The highest BCUT2D eigenvalue weighted by atomic mass is 16.7. The molecule has 9 unspecified atom stereocenters. The van der Waals surface area contributed by atoms with E-state index < -0.39 is 74.2 Å². The van der Waals surface area contributed by atoms with Crippen molar-refractivity contribution in [1.29, 1.82) is 0 Å². The van der Waals surface area contributed by atoms with Crippen molar-refractivity contribution in [3.63, 3.8) is 0 Å². The Balaban J connectivity index is 2.36. The quantitative estimate of drug-likeness (QED) is 0.0215. The molecule has 1 amide bonds. The van der Waals surface area contributed by atoms with E-state index in [0.717, 1.165) is 57.8 Å². The van der Waals surface area contributed by atoms with Crippen LogP contribution in [0.15, 0.2) is 24.3 Å². The lowest BCUT2D eigenvalue weighted by molar-refractivity contribution is -0.303. The fourth-order valence-electron chi connectivity index (χ4n) is 9.08. The number of ether oxygens (including phenoxy) is 2. The first-order valence-electron chi connectivity index (χ1n) is 28.2. The topological polar surface area (TPSA) is 189 Å². The van der Waals surface area contributed by atoms with Gasteiger partial charge in [-0.1, -0.05) is 218 Å². The average molecular weight is 954 g/mol. The number of amides is 1. The van der Waals surface area contributed by atoms with Gasteiger partial charge in [-0.05, 0) is 64.2 Å². The van der Waals surface area contributed by atoms with Gasteiger partial charge in [0.25, 0.3) is 0 Å². The molecule has 0 spiro atoms. The Kier molecular flexibility index (Phi) is 43.4. The average Bonchev–Trinajstić information content (AvgIpc) is 3.33. The fourth-order valence-corrected chi connectivity index (χ4v) is 9.08. The van der Waals surface area contributed by atoms with E-state index in [1.165, 1.54) is 161 Å². The summed E-state index contributed by atoms with van der Waals surface area (Å²) in [7, 11) is 0. The van der Waals surface area contributed by atoms with Crippen LogP contribution in [-0.2, 0) is 14.3 Å². The molecular formula is C56H107NO10. The van der Waals surface area contributed by atoms with Gasteiger partial charge < -0.3 is 50.5 Å². The zero-order valence-corrected chi connectivity index (χ0v) is 43.1. The molecular weight excluding hydrogens is 847 g/mol. The number of aliphatic hydroxyl groups excluding tert-OH is 7. The number of hydrogen-bond donors (Lipinski definition) is 8. The van der Waals surface area contributed by atoms with Gasteiger partial charge in [0.1, 0.15) is 36.6 Å². The Labute approximate surface area is 410 Å². The monoisotopic (exact) mass is 954 g/mol. The van der Waals surface area contributed by atoms with E-state index in [2.05, 4.69) is 43.5 Å². The van der Waals surface area contributed by atoms with E-state index in [4.69, 9.17) is 9.47 Å². The molecule has 0 aliphatic carbocycles. The summed E-state index contributed by atoms with van der Waals surface area (Å²) in [5.74, 6) is -0.708. The zero-order chi connectivity index (χ0) is 49.0. The van der Waals surface area contributed by atoms with Crippen LogP contribution in [0.5, 0.6) is 0 Å². The van der Waals surface area contributed by atoms with Gasteiger partial charge in [0.2, 0.25) is 5.91 Å². The van der Waals surface area contributed by atoms with Crippen LogP contribution in [0.25, 0.3) is 0 Å². The molecule has 0 saturated carbocycles. The van der Waals surface area contributed by atoms with Gasteiger partial charge in [-0.3, -0.25) is 4.79 Å². The van der Waals surface area contributed by atoms with Crippen molar-refractivity contribution in [3.8, 4) is 0 Å². The molecule has 0 aromatic rings. The lowest BCUT2D eigenvalue weighted by Crippen LogP contribution is -2.60. The van der Waals surface area contributed by atoms with Gasteiger partial charge in [-0.2, -0.15) is 0 Å². The molecule has 0 radical (unpaired) electrons. The fraction of sp³-hybridized carbons (Fsp3) is 0.911. The summed E-state index contributed by atoms with van der Waals surface area (Å²) in [6.07, 6.45) is 42.3. The second-order valence-corrected chi connectivity index (χ2v) is 20.0. The molecule has 11 heteroatoms. The maximum absolute atomic E-state index is 13.2. The zero-order valence-electron chi connectivity index (χ0n) is 43.1. The first kappa shape index (κ1) is 63.6. The number of unbranched alkanes of at least 4 members (excludes halogenated alkanes) is 32. The van der Waals surface area contributed by atoms with Gasteiger partial charge in [-0.25, -0.2) is 0 Å². The first-order chi connectivity index (χ1) is 32.7. The van der Waals surface area contributed by atoms with Crippen molar-refractivity contribution in [3.05, 3.63) is 24.3 Å². The van der Waals surface area contributed by atoms with Crippen molar-refractivity contribution in [2.45, 2.75) is 313 Å². The molecule has 9 atom stereocenters. The molecule has 1 fully saturated rings. The van der Waals surface area contributed by atoms with E-state index in [1.807, 2.05) is 0 Å². The predicted octanol–water partition coefficient (Wildman–Crippen LogP) is 11.3. The molecule has 396 valence electrons. The van der Waals surface area contributed by atoms with Crippen LogP contribution in [0.4, 0.5) is 0 Å². The molecule has 0 aromatic carbocycles. The summed E-state index contributed by atoms with van der Waals surface area (Å²) in [5, 5.41) is 76.0. The minimum atomic E-state index is -1.67. The number of nitrogens with one attached hydrogen (secondary N) is 1. The van der Waals surface area contributed by atoms with E-state index >= 15 is 0 Å². The van der Waals surface area contributed by atoms with E-state index in [-0.39, 0.29) is 12.8 Å². The third-order valence-electron chi connectivity index (χ3n) is 13.7. The van der Waals surface area contributed by atoms with Crippen LogP contribution in [0.2, 0.25) is 0 Å². The summed E-state index contributed by atoms with van der Waals surface area (Å²) in [6, 6.07) is -1.19. The maximum atomic E-state index is 13.2. The van der Waals surface area contributed by atoms with Crippen molar-refractivity contribution in [1.82, 2.24) is 5.32 Å². The molecule has 67 heavy (non-hydrogen) atoms. The summed E-state index contributed by atoms with van der Waals surface area (Å²) in [6.45, 7) is 3.46. The normalized spacial score (nSPS) is 20.8. The molecule has 1 saturated heterocycles. The van der Waals surface area contributed by atoms with Crippen LogP contribution in [0.1, 0.15) is 258 Å². The SMILES string of the molecule is CCCCCCCCCCCC/C=C\CCCCCCCCC(O)C(=O)NC(COC1OC(CO)C(O)C(O)C1O)C(O)C(O)CCC/C=C/CCCCCCCCCCCCCCCCC. The Hall–Kier alpha value is -1.41. The number of allylic oxidation sites excluding steroid dienone is 4. The van der Waals surface area contributed by atoms with Crippen molar-refractivity contribution in [2.75, 3.05) is 13.2 Å². The van der Waals surface area contributed by atoms with E-state index in [9.17, 15) is 40.5 Å². The van der Waals surface area contributed by atoms with Gasteiger partial charge in [0.05, 0.1) is 25.4 Å². The van der Waals surface area contributed by atoms with Crippen molar-refractivity contribution < 1.29 is 50.0 Å². The predicted molar refractivity (Wildman–Crippen MR) is 275 cm³/mol. The number of carbonyl (C=O) groups is 1. The third kappa shape index (κ3) is 34.5. The molecule has 8 N–H and O–H groups in total. The van der Waals surface area contributed by atoms with Crippen molar-refractivity contribution >= 4 is 5.91 Å².